The molecule has 2 aliphatic carbocycles. The van der Waals surface area contributed by atoms with Crippen LogP contribution < -0.4 is 0 Å². The van der Waals surface area contributed by atoms with Gasteiger partial charge in [0.25, 0.3) is 0 Å². The molecule has 0 atom stereocenters. The second-order valence-corrected chi connectivity index (χ2v) is 9.18. The summed E-state index contributed by atoms with van der Waals surface area (Å²) in [7, 11) is 0. The average molecular weight is 353 g/mol. The van der Waals surface area contributed by atoms with Gasteiger partial charge in [-0.1, -0.05) is 6.07 Å². The van der Waals surface area contributed by atoms with Gasteiger partial charge in [-0.2, -0.15) is 0 Å². The third-order valence-electron chi connectivity index (χ3n) is 7.00. The second kappa shape index (κ2) is 5.56. The quantitative estimate of drug-likeness (QED) is 0.903. The summed E-state index contributed by atoms with van der Waals surface area (Å²) < 4.78 is 2.22. The number of nitrogens with zero attached hydrogens (tertiary/aromatic N) is 3. The number of carbonyl (C=O) groups is 1. The van der Waals surface area contributed by atoms with E-state index in [0.29, 0.717) is 24.2 Å². The maximum absolute atomic E-state index is 12.5. The predicted molar refractivity (Wildman–Crippen MR) is 98.8 cm³/mol. The number of imidazole rings is 1. The molecule has 1 aliphatic heterocycles. The maximum atomic E-state index is 12.5. The zero-order valence-electron chi connectivity index (χ0n) is 15.4. The van der Waals surface area contributed by atoms with Crippen LogP contribution in [0.15, 0.2) is 30.6 Å². The first-order valence-electron chi connectivity index (χ1n) is 9.88. The third kappa shape index (κ3) is 2.56. The summed E-state index contributed by atoms with van der Waals surface area (Å²) in [6.45, 7) is 3.67. The third-order valence-corrected chi connectivity index (χ3v) is 7.00. The molecule has 5 rings (SSSR count). The van der Waals surface area contributed by atoms with E-state index < -0.39 is 5.60 Å². The zero-order valence-corrected chi connectivity index (χ0v) is 15.4. The van der Waals surface area contributed by atoms with E-state index in [1.54, 1.807) is 0 Å². The minimum absolute atomic E-state index is 0.0526. The molecule has 1 amide bonds. The Hall–Kier alpha value is -1.88. The van der Waals surface area contributed by atoms with Gasteiger partial charge >= 0.3 is 0 Å². The van der Waals surface area contributed by atoms with Gasteiger partial charge in [0.2, 0.25) is 5.91 Å². The summed E-state index contributed by atoms with van der Waals surface area (Å²) in [5.41, 5.74) is 2.09. The Bertz CT molecular complexity index is 832. The van der Waals surface area contributed by atoms with Crippen molar-refractivity contribution in [3.63, 3.8) is 0 Å². The van der Waals surface area contributed by atoms with Crippen LogP contribution in [0.2, 0.25) is 0 Å². The van der Waals surface area contributed by atoms with Crippen LogP contribution in [0.5, 0.6) is 0 Å². The van der Waals surface area contributed by atoms with Gasteiger partial charge in [0.15, 0.2) is 0 Å². The van der Waals surface area contributed by atoms with Crippen LogP contribution in [0.1, 0.15) is 57.1 Å². The van der Waals surface area contributed by atoms with Gasteiger partial charge in [-0.05, 0) is 57.6 Å². The predicted octanol–water partition coefficient (Wildman–Crippen LogP) is 2.98. The van der Waals surface area contributed by atoms with Crippen LogP contribution in [0, 0.1) is 11.3 Å². The van der Waals surface area contributed by atoms with Crippen molar-refractivity contribution in [2.24, 2.45) is 11.3 Å². The highest BCUT2D eigenvalue weighted by Gasteiger charge is 2.51. The minimum Gasteiger partial charge on any atom is -0.390 e. The van der Waals surface area contributed by atoms with Gasteiger partial charge in [-0.3, -0.25) is 4.79 Å². The molecule has 1 N–H and O–H groups in total. The fraction of sp³-hybridized carbons (Fsp3) is 0.619. The molecule has 0 bridgehead atoms. The molecule has 3 heterocycles. The highest BCUT2D eigenvalue weighted by Crippen LogP contribution is 2.49. The fourth-order valence-electron chi connectivity index (χ4n) is 5.45. The summed E-state index contributed by atoms with van der Waals surface area (Å²) in [4.78, 5) is 19.1. The standard InChI is InChI=1S/C21H27N3O2/c1-20(26)10-16(11-20)19(25)23-13-21(14-23)7-5-15(6-8-21)17-12-22-18-4-2-3-9-24(17)18/h2-4,9,12,15-16,26H,5-8,10-11,13-14H2,1H3/t16-,20+. The van der Waals surface area contributed by atoms with Crippen LogP contribution in [-0.2, 0) is 4.79 Å². The van der Waals surface area contributed by atoms with Crippen LogP contribution in [0.3, 0.4) is 0 Å². The largest absolute Gasteiger partial charge is 0.390 e. The molecular weight excluding hydrogens is 326 g/mol. The molecular formula is C21H27N3O2. The van der Waals surface area contributed by atoms with E-state index in [1.165, 1.54) is 31.4 Å². The first kappa shape index (κ1) is 16.3. The number of pyridine rings is 1. The number of hydrogen-bond donors (Lipinski definition) is 1. The average Bonchev–Trinajstić information content (AvgIpc) is 3.01. The Labute approximate surface area is 154 Å². The van der Waals surface area contributed by atoms with Crippen molar-refractivity contribution in [3.05, 3.63) is 36.3 Å². The molecule has 0 radical (unpaired) electrons. The SMILES string of the molecule is C[C@]1(O)C[C@@H](C(=O)N2CC3(CCC(c4cnc5ccccn45)CC3)C2)C1. The first-order chi connectivity index (χ1) is 12.4. The van der Waals surface area contributed by atoms with E-state index in [4.69, 9.17) is 0 Å². The van der Waals surface area contributed by atoms with Crippen molar-refractivity contribution in [3.8, 4) is 0 Å². The van der Waals surface area contributed by atoms with Crippen LogP contribution >= 0.6 is 0 Å². The van der Waals surface area contributed by atoms with Gasteiger partial charge in [-0.25, -0.2) is 4.98 Å². The van der Waals surface area contributed by atoms with E-state index in [2.05, 4.69) is 27.7 Å². The number of aromatic nitrogens is 2. The lowest BCUT2D eigenvalue weighted by molar-refractivity contribution is -0.163. The van der Waals surface area contributed by atoms with Gasteiger partial charge in [0.1, 0.15) is 5.65 Å². The highest BCUT2D eigenvalue weighted by molar-refractivity contribution is 5.81. The number of carbonyl (C=O) groups excluding carboxylic acids is 1. The molecule has 1 spiro atoms. The molecule has 26 heavy (non-hydrogen) atoms. The molecule has 2 saturated carbocycles. The Morgan fingerprint density at radius 3 is 2.65 bits per heavy atom. The van der Waals surface area contributed by atoms with Crippen molar-refractivity contribution in [1.29, 1.82) is 0 Å². The molecule has 5 heteroatoms. The van der Waals surface area contributed by atoms with Gasteiger partial charge in [-0.15, -0.1) is 0 Å². The molecule has 0 aromatic carbocycles. The first-order valence-corrected chi connectivity index (χ1v) is 9.88. The summed E-state index contributed by atoms with van der Waals surface area (Å²) in [5, 5.41) is 9.86. The van der Waals surface area contributed by atoms with Crippen LogP contribution in [0.25, 0.3) is 5.65 Å². The minimum atomic E-state index is -0.616. The number of fused-ring (bicyclic) bond motifs is 1. The zero-order chi connectivity index (χ0) is 17.9. The van der Waals surface area contributed by atoms with E-state index in [9.17, 15) is 9.90 Å². The summed E-state index contributed by atoms with van der Waals surface area (Å²) in [6.07, 6.45) is 10.2. The maximum Gasteiger partial charge on any atom is 0.225 e. The molecule has 2 aromatic rings. The number of rotatable bonds is 2. The van der Waals surface area contributed by atoms with Crippen molar-refractivity contribution in [2.45, 2.75) is 57.0 Å². The summed E-state index contributed by atoms with van der Waals surface area (Å²) >= 11 is 0. The number of hydrogen-bond acceptors (Lipinski definition) is 3. The lowest BCUT2D eigenvalue weighted by Gasteiger charge is -2.55. The van der Waals surface area contributed by atoms with Gasteiger partial charge in [0, 0.05) is 48.4 Å². The normalized spacial score (nSPS) is 31.0. The molecule has 3 aliphatic rings. The molecule has 138 valence electrons. The molecule has 1 saturated heterocycles. The smallest absolute Gasteiger partial charge is 0.225 e. The van der Waals surface area contributed by atoms with E-state index >= 15 is 0 Å². The summed E-state index contributed by atoms with van der Waals surface area (Å²) in [6, 6.07) is 6.15. The Kier molecular flexibility index (Phi) is 3.48. The lowest BCUT2D eigenvalue weighted by atomic mass is 9.64. The van der Waals surface area contributed by atoms with E-state index in [0.717, 1.165) is 18.7 Å². The van der Waals surface area contributed by atoms with Crippen molar-refractivity contribution >= 4 is 11.6 Å². The Balaban J connectivity index is 1.19. The number of aliphatic hydroxyl groups is 1. The van der Waals surface area contributed by atoms with Crippen LogP contribution in [0.4, 0.5) is 0 Å². The van der Waals surface area contributed by atoms with Gasteiger partial charge < -0.3 is 14.4 Å². The lowest BCUT2D eigenvalue weighted by Crippen LogP contribution is -2.62. The fourth-order valence-corrected chi connectivity index (χ4v) is 5.45. The topological polar surface area (TPSA) is 57.8 Å². The number of amides is 1. The Morgan fingerprint density at radius 1 is 1.23 bits per heavy atom. The van der Waals surface area contributed by atoms with Crippen molar-refractivity contribution in [1.82, 2.24) is 14.3 Å². The monoisotopic (exact) mass is 353 g/mol. The Morgan fingerprint density at radius 2 is 1.96 bits per heavy atom. The molecule has 0 unspecified atom stereocenters. The number of likely N-dealkylation sites (tertiary alicyclic amines) is 1. The highest BCUT2D eigenvalue weighted by atomic mass is 16.3. The molecule has 5 nitrogen and oxygen atoms in total. The van der Waals surface area contributed by atoms with E-state index in [-0.39, 0.29) is 11.8 Å². The summed E-state index contributed by atoms with van der Waals surface area (Å²) in [5.74, 6) is 0.896. The van der Waals surface area contributed by atoms with E-state index in [1.807, 2.05) is 24.1 Å². The van der Waals surface area contributed by atoms with Crippen molar-refractivity contribution < 1.29 is 9.90 Å². The van der Waals surface area contributed by atoms with Crippen LogP contribution in [-0.4, -0.2) is 44.0 Å². The van der Waals surface area contributed by atoms with Gasteiger partial charge in [0.05, 0.1) is 5.60 Å². The molecule has 2 aromatic heterocycles. The van der Waals surface area contributed by atoms with Crippen molar-refractivity contribution in [2.75, 3.05) is 13.1 Å². The second-order valence-electron chi connectivity index (χ2n) is 9.18. The molecule has 3 fully saturated rings.